The van der Waals surface area contributed by atoms with Crippen LogP contribution in [0.5, 0.6) is 0 Å². The van der Waals surface area contributed by atoms with Gasteiger partial charge in [-0.1, -0.05) is 17.7 Å². The van der Waals surface area contributed by atoms with Gasteiger partial charge in [0.15, 0.2) is 0 Å². The number of carbonyl (C=O) groups is 1. The Morgan fingerprint density at radius 3 is 2.79 bits per heavy atom. The fraction of sp³-hybridized carbons (Fsp3) is 0.353. The average molecular weight is 350 g/mol. The highest BCUT2D eigenvalue weighted by Gasteiger charge is 2.18. The first kappa shape index (κ1) is 16.7. The maximum atomic E-state index is 12.0. The zero-order valence-electron chi connectivity index (χ0n) is 13.3. The minimum atomic E-state index is -0.112. The lowest BCUT2D eigenvalue weighted by Gasteiger charge is -2.31. The van der Waals surface area contributed by atoms with Crippen molar-refractivity contribution in [3.8, 4) is 0 Å². The summed E-state index contributed by atoms with van der Waals surface area (Å²) in [4.78, 5) is 14.2. The number of para-hydroxylation sites is 1. The fourth-order valence-electron chi connectivity index (χ4n) is 2.60. The van der Waals surface area contributed by atoms with E-state index in [4.69, 9.17) is 20.8 Å². The number of rotatable bonds is 6. The van der Waals surface area contributed by atoms with Crippen LogP contribution in [0.1, 0.15) is 5.76 Å². The average Bonchev–Trinajstić information content (AvgIpc) is 3.12. The van der Waals surface area contributed by atoms with E-state index in [2.05, 4.69) is 15.5 Å². The maximum absolute atomic E-state index is 12.0. The Labute approximate surface area is 145 Å². The van der Waals surface area contributed by atoms with E-state index in [1.54, 1.807) is 12.3 Å². The molecular formula is C17H20ClN3O3. The van der Waals surface area contributed by atoms with Crippen molar-refractivity contribution in [3.05, 3.63) is 47.4 Å². The van der Waals surface area contributed by atoms with Crippen LogP contribution >= 0.6 is 11.6 Å². The highest BCUT2D eigenvalue weighted by atomic mass is 35.5. The summed E-state index contributed by atoms with van der Waals surface area (Å²) in [6, 6.07) is 9.27. The summed E-state index contributed by atoms with van der Waals surface area (Å²) in [5.74, 6) is 0.611. The van der Waals surface area contributed by atoms with Gasteiger partial charge in [0.05, 0.1) is 49.0 Å². The number of hydrogen-bond donors (Lipinski definition) is 2. The lowest BCUT2D eigenvalue weighted by Crippen LogP contribution is -2.37. The van der Waals surface area contributed by atoms with Crippen LogP contribution in [-0.4, -0.2) is 38.8 Å². The van der Waals surface area contributed by atoms with Crippen molar-refractivity contribution in [1.29, 1.82) is 0 Å². The molecule has 1 fully saturated rings. The van der Waals surface area contributed by atoms with Crippen LogP contribution in [0.2, 0.25) is 5.02 Å². The fourth-order valence-corrected chi connectivity index (χ4v) is 2.90. The van der Waals surface area contributed by atoms with Gasteiger partial charge in [-0.2, -0.15) is 0 Å². The highest BCUT2D eigenvalue weighted by Crippen LogP contribution is 2.34. The SMILES string of the molecule is O=C(CNc1cccc(Cl)c1N1CCOCC1)NCc1ccco1. The molecule has 1 aromatic carbocycles. The quantitative estimate of drug-likeness (QED) is 0.838. The van der Waals surface area contributed by atoms with Crippen molar-refractivity contribution >= 4 is 28.9 Å². The largest absolute Gasteiger partial charge is 0.467 e. The van der Waals surface area contributed by atoms with Crippen LogP contribution in [0, 0.1) is 0 Å². The molecule has 1 aliphatic heterocycles. The van der Waals surface area contributed by atoms with E-state index < -0.39 is 0 Å². The molecule has 6 nitrogen and oxygen atoms in total. The van der Waals surface area contributed by atoms with Crippen molar-refractivity contribution in [3.63, 3.8) is 0 Å². The van der Waals surface area contributed by atoms with Crippen molar-refractivity contribution < 1.29 is 13.9 Å². The Morgan fingerprint density at radius 2 is 2.04 bits per heavy atom. The molecule has 0 bridgehead atoms. The molecule has 0 saturated carbocycles. The number of nitrogens with one attached hydrogen (secondary N) is 2. The molecule has 1 aromatic heterocycles. The molecule has 128 valence electrons. The molecule has 7 heteroatoms. The first-order chi connectivity index (χ1) is 11.7. The van der Waals surface area contributed by atoms with Crippen LogP contribution in [0.4, 0.5) is 11.4 Å². The minimum Gasteiger partial charge on any atom is -0.467 e. The summed E-state index contributed by atoms with van der Waals surface area (Å²) in [6.45, 7) is 3.45. The van der Waals surface area contributed by atoms with E-state index >= 15 is 0 Å². The standard InChI is InChI=1S/C17H20ClN3O3/c18-14-4-1-5-15(17(14)21-6-9-23-10-7-21)19-12-16(22)20-11-13-3-2-8-24-13/h1-5,8,19H,6-7,9-12H2,(H,20,22). The summed E-state index contributed by atoms with van der Waals surface area (Å²) >= 11 is 6.37. The number of benzene rings is 1. The van der Waals surface area contributed by atoms with Crippen LogP contribution in [0.15, 0.2) is 41.0 Å². The Morgan fingerprint density at radius 1 is 1.21 bits per heavy atom. The van der Waals surface area contributed by atoms with E-state index in [0.717, 1.165) is 30.2 Å². The van der Waals surface area contributed by atoms with Gasteiger partial charge in [-0.25, -0.2) is 0 Å². The van der Waals surface area contributed by atoms with Crippen LogP contribution in [-0.2, 0) is 16.1 Å². The smallest absolute Gasteiger partial charge is 0.239 e. The maximum Gasteiger partial charge on any atom is 0.239 e. The summed E-state index contributed by atoms with van der Waals surface area (Å²) in [6.07, 6.45) is 1.58. The number of carbonyl (C=O) groups excluding carboxylic acids is 1. The number of halogens is 1. The van der Waals surface area contributed by atoms with E-state index in [1.165, 1.54) is 0 Å². The van der Waals surface area contributed by atoms with Gasteiger partial charge >= 0.3 is 0 Å². The third kappa shape index (κ3) is 4.21. The molecule has 0 atom stereocenters. The summed E-state index contributed by atoms with van der Waals surface area (Å²) in [5.41, 5.74) is 1.76. The Bertz CT molecular complexity index is 670. The molecule has 0 spiro atoms. The molecule has 0 aliphatic carbocycles. The minimum absolute atomic E-state index is 0.112. The zero-order chi connectivity index (χ0) is 16.8. The molecule has 0 unspecified atom stereocenters. The molecule has 2 heterocycles. The van der Waals surface area contributed by atoms with Gasteiger partial charge in [0, 0.05) is 13.1 Å². The Hall–Kier alpha value is -2.18. The third-order valence-corrected chi connectivity index (χ3v) is 4.10. The van der Waals surface area contributed by atoms with E-state index in [-0.39, 0.29) is 12.5 Å². The number of nitrogens with zero attached hydrogens (tertiary/aromatic N) is 1. The van der Waals surface area contributed by atoms with Crippen LogP contribution < -0.4 is 15.5 Å². The number of anilines is 2. The molecule has 1 aliphatic rings. The Balaban J connectivity index is 1.60. The second-order valence-corrected chi connectivity index (χ2v) is 5.85. The lowest BCUT2D eigenvalue weighted by atomic mass is 10.2. The number of furan rings is 1. The van der Waals surface area contributed by atoms with Gasteiger partial charge in [-0.3, -0.25) is 4.79 Å². The van der Waals surface area contributed by atoms with Crippen molar-refractivity contribution in [2.24, 2.45) is 0 Å². The second kappa shape index (κ2) is 8.08. The summed E-state index contributed by atoms with van der Waals surface area (Å²) in [5, 5.41) is 6.64. The summed E-state index contributed by atoms with van der Waals surface area (Å²) in [7, 11) is 0. The van der Waals surface area contributed by atoms with Crippen LogP contribution in [0.3, 0.4) is 0 Å². The van der Waals surface area contributed by atoms with Gasteiger partial charge in [0.1, 0.15) is 5.76 Å². The lowest BCUT2D eigenvalue weighted by molar-refractivity contribution is -0.119. The molecule has 2 N–H and O–H groups in total. The van der Waals surface area contributed by atoms with Gasteiger partial charge in [-0.05, 0) is 24.3 Å². The first-order valence-electron chi connectivity index (χ1n) is 7.88. The molecule has 0 radical (unpaired) electrons. The van der Waals surface area contributed by atoms with Gasteiger partial charge in [0.2, 0.25) is 5.91 Å². The van der Waals surface area contributed by atoms with Crippen LogP contribution in [0.25, 0.3) is 0 Å². The highest BCUT2D eigenvalue weighted by molar-refractivity contribution is 6.34. The summed E-state index contributed by atoms with van der Waals surface area (Å²) < 4.78 is 10.6. The van der Waals surface area contributed by atoms with Crippen molar-refractivity contribution in [1.82, 2.24) is 5.32 Å². The van der Waals surface area contributed by atoms with Crippen molar-refractivity contribution in [2.75, 3.05) is 43.1 Å². The predicted molar refractivity (Wildman–Crippen MR) is 93.5 cm³/mol. The number of hydrogen-bond acceptors (Lipinski definition) is 5. The molecular weight excluding hydrogens is 330 g/mol. The normalized spacial score (nSPS) is 14.5. The number of ether oxygens (including phenoxy) is 1. The topological polar surface area (TPSA) is 66.7 Å². The number of amides is 1. The molecule has 24 heavy (non-hydrogen) atoms. The zero-order valence-corrected chi connectivity index (χ0v) is 14.0. The molecule has 1 saturated heterocycles. The van der Waals surface area contributed by atoms with E-state index in [1.807, 2.05) is 24.3 Å². The van der Waals surface area contributed by atoms with E-state index in [0.29, 0.717) is 24.8 Å². The van der Waals surface area contributed by atoms with Crippen molar-refractivity contribution in [2.45, 2.75) is 6.54 Å². The first-order valence-corrected chi connectivity index (χ1v) is 8.26. The van der Waals surface area contributed by atoms with Gasteiger partial charge in [-0.15, -0.1) is 0 Å². The molecule has 2 aromatic rings. The second-order valence-electron chi connectivity index (χ2n) is 5.45. The number of morpholine rings is 1. The van der Waals surface area contributed by atoms with E-state index in [9.17, 15) is 4.79 Å². The van der Waals surface area contributed by atoms with Gasteiger partial charge in [0.25, 0.3) is 0 Å². The third-order valence-electron chi connectivity index (χ3n) is 3.79. The van der Waals surface area contributed by atoms with Gasteiger partial charge < -0.3 is 24.7 Å². The Kier molecular flexibility index (Phi) is 5.61. The molecule has 3 rings (SSSR count). The molecule has 1 amide bonds. The predicted octanol–water partition coefficient (Wildman–Crippen LogP) is 2.50. The monoisotopic (exact) mass is 349 g/mol.